The molecule has 2 N–H and O–H groups in total. The second-order valence-electron chi connectivity index (χ2n) is 4.80. The van der Waals surface area contributed by atoms with Crippen molar-refractivity contribution in [1.82, 2.24) is 5.32 Å². The van der Waals surface area contributed by atoms with Crippen LogP contribution in [0.3, 0.4) is 0 Å². The van der Waals surface area contributed by atoms with Crippen LogP contribution < -0.4 is 10.2 Å². The third-order valence-electron chi connectivity index (χ3n) is 3.44. The standard InChI is InChI=1S/C14H19BrN2O2/c1-10-3-4-11(9-12(10)15)17-7-2-6-16-14(19)13(17)5-8-18/h3-4,9,13,18H,2,5-8H2,1H3,(H,16,19). The van der Waals surface area contributed by atoms with Crippen LogP contribution in [0.5, 0.6) is 0 Å². The van der Waals surface area contributed by atoms with Gasteiger partial charge in [-0.25, -0.2) is 0 Å². The highest BCUT2D eigenvalue weighted by molar-refractivity contribution is 9.10. The molecular weight excluding hydrogens is 308 g/mol. The van der Waals surface area contributed by atoms with Gasteiger partial charge in [-0.05, 0) is 37.5 Å². The van der Waals surface area contributed by atoms with E-state index in [4.69, 9.17) is 0 Å². The number of aliphatic hydroxyl groups is 1. The van der Waals surface area contributed by atoms with E-state index >= 15 is 0 Å². The highest BCUT2D eigenvalue weighted by Crippen LogP contribution is 2.26. The molecule has 0 radical (unpaired) electrons. The van der Waals surface area contributed by atoms with Gasteiger partial charge in [0.2, 0.25) is 5.91 Å². The summed E-state index contributed by atoms with van der Waals surface area (Å²) in [4.78, 5) is 14.2. The van der Waals surface area contributed by atoms with E-state index in [1.807, 2.05) is 25.1 Å². The molecule has 104 valence electrons. The molecule has 19 heavy (non-hydrogen) atoms. The van der Waals surface area contributed by atoms with E-state index in [9.17, 15) is 9.90 Å². The van der Waals surface area contributed by atoms with E-state index < -0.39 is 0 Å². The molecule has 0 bridgehead atoms. The average molecular weight is 327 g/mol. The maximum atomic E-state index is 12.1. The van der Waals surface area contributed by atoms with Crippen LogP contribution in [0.4, 0.5) is 5.69 Å². The Balaban J connectivity index is 2.31. The number of benzene rings is 1. The Morgan fingerprint density at radius 2 is 2.32 bits per heavy atom. The number of rotatable bonds is 3. The Morgan fingerprint density at radius 3 is 3.00 bits per heavy atom. The first-order chi connectivity index (χ1) is 9.13. The van der Waals surface area contributed by atoms with Crippen LogP contribution in [0.2, 0.25) is 0 Å². The molecule has 1 fully saturated rings. The molecule has 2 rings (SSSR count). The predicted molar refractivity (Wildman–Crippen MR) is 79.3 cm³/mol. The Morgan fingerprint density at radius 1 is 1.53 bits per heavy atom. The molecular formula is C14H19BrN2O2. The molecule has 0 saturated carbocycles. The Kier molecular flexibility index (Phi) is 4.82. The van der Waals surface area contributed by atoms with Crippen molar-refractivity contribution in [2.45, 2.75) is 25.8 Å². The summed E-state index contributed by atoms with van der Waals surface area (Å²) in [5.74, 6) is 0.00301. The van der Waals surface area contributed by atoms with Crippen molar-refractivity contribution in [2.75, 3.05) is 24.6 Å². The zero-order chi connectivity index (χ0) is 13.8. The van der Waals surface area contributed by atoms with Gasteiger partial charge in [-0.2, -0.15) is 0 Å². The van der Waals surface area contributed by atoms with Gasteiger partial charge in [0.05, 0.1) is 0 Å². The monoisotopic (exact) mass is 326 g/mol. The van der Waals surface area contributed by atoms with Crippen molar-refractivity contribution < 1.29 is 9.90 Å². The normalized spacial score (nSPS) is 20.1. The van der Waals surface area contributed by atoms with Crippen LogP contribution in [0.1, 0.15) is 18.4 Å². The SMILES string of the molecule is Cc1ccc(N2CCCNC(=O)C2CCO)cc1Br. The minimum absolute atomic E-state index is 0.00301. The number of hydrogen-bond donors (Lipinski definition) is 2. The number of hydrogen-bond acceptors (Lipinski definition) is 3. The third-order valence-corrected chi connectivity index (χ3v) is 4.30. The van der Waals surface area contributed by atoms with Gasteiger partial charge in [0.25, 0.3) is 0 Å². The van der Waals surface area contributed by atoms with Crippen molar-refractivity contribution in [3.05, 3.63) is 28.2 Å². The van der Waals surface area contributed by atoms with E-state index in [0.717, 1.165) is 23.1 Å². The summed E-state index contributed by atoms with van der Waals surface area (Å²) in [5, 5.41) is 12.1. The Labute approximate surface area is 121 Å². The number of aliphatic hydroxyl groups excluding tert-OH is 1. The Bertz CT molecular complexity index is 465. The van der Waals surface area contributed by atoms with Gasteiger partial charge in [0.15, 0.2) is 0 Å². The molecule has 4 nitrogen and oxygen atoms in total. The third kappa shape index (κ3) is 3.28. The van der Waals surface area contributed by atoms with Gasteiger partial charge in [-0.3, -0.25) is 4.79 Å². The van der Waals surface area contributed by atoms with E-state index in [1.54, 1.807) is 0 Å². The molecule has 1 atom stereocenters. The largest absolute Gasteiger partial charge is 0.396 e. The molecule has 1 amide bonds. The number of halogens is 1. The molecule has 1 aromatic carbocycles. The molecule has 0 aliphatic carbocycles. The highest BCUT2D eigenvalue weighted by atomic mass is 79.9. The lowest BCUT2D eigenvalue weighted by atomic mass is 10.1. The fourth-order valence-corrected chi connectivity index (χ4v) is 2.72. The average Bonchev–Trinajstić information content (AvgIpc) is 2.57. The topological polar surface area (TPSA) is 52.6 Å². The molecule has 0 spiro atoms. The van der Waals surface area contributed by atoms with Gasteiger partial charge in [-0.1, -0.05) is 22.0 Å². The minimum atomic E-state index is -0.290. The maximum Gasteiger partial charge on any atom is 0.242 e. The molecule has 1 saturated heterocycles. The summed E-state index contributed by atoms with van der Waals surface area (Å²) in [6, 6.07) is 5.82. The van der Waals surface area contributed by atoms with E-state index in [2.05, 4.69) is 26.1 Å². The summed E-state index contributed by atoms with van der Waals surface area (Å²) in [7, 11) is 0. The number of anilines is 1. The molecule has 1 unspecified atom stereocenters. The molecule has 5 heteroatoms. The molecule has 1 aromatic rings. The van der Waals surface area contributed by atoms with Gasteiger partial charge in [0, 0.05) is 29.9 Å². The second kappa shape index (κ2) is 6.39. The number of nitrogens with zero attached hydrogens (tertiary/aromatic N) is 1. The fourth-order valence-electron chi connectivity index (χ4n) is 2.35. The molecule has 1 aliphatic heterocycles. The lowest BCUT2D eigenvalue weighted by Crippen LogP contribution is -2.45. The fraction of sp³-hybridized carbons (Fsp3) is 0.500. The van der Waals surface area contributed by atoms with Crippen LogP contribution in [0.15, 0.2) is 22.7 Å². The Hall–Kier alpha value is -1.07. The van der Waals surface area contributed by atoms with E-state index in [0.29, 0.717) is 13.0 Å². The van der Waals surface area contributed by atoms with Crippen LogP contribution in [-0.4, -0.2) is 36.8 Å². The smallest absolute Gasteiger partial charge is 0.242 e. The number of nitrogens with one attached hydrogen (secondary N) is 1. The summed E-state index contributed by atoms with van der Waals surface area (Å²) >= 11 is 3.53. The van der Waals surface area contributed by atoms with Gasteiger partial charge in [-0.15, -0.1) is 0 Å². The summed E-state index contributed by atoms with van der Waals surface area (Å²) in [6.07, 6.45) is 1.37. The number of amides is 1. The van der Waals surface area contributed by atoms with Crippen molar-refractivity contribution in [3.8, 4) is 0 Å². The maximum absolute atomic E-state index is 12.1. The van der Waals surface area contributed by atoms with E-state index in [1.165, 1.54) is 5.56 Å². The van der Waals surface area contributed by atoms with Crippen molar-refractivity contribution >= 4 is 27.5 Å². The van der Waals surface area contributed by atoms with Crippen LogP contribution in [0.25, 0.3) is 0 Å². The predicted octanol–water partition coefficient (Wildman–Crippen LogP) is 1.83. The first-order valence-electron chi connectivity index (χ1n) is 6.55. The first-order valence-corrected chi connectivity index (χ1v) is 7.34. The number of carbonyl (C=O) groups excluding carboxylic acids is 1. The van der Waals surface area contributed by atoms with Crippen LogP contribution in [0, 0.1) is 6.92 Å². The first kappa shape index (κ1) is 14.3. The second-order valence-corrected chi connectivity index (χ2v) is 5.65. The molecule has 0 aromatic heterocycles. The van der Waals surface area contributed by atoms with Gasteiger partial charge >= 0.3 is 0 Å². The zero-order valence-corrected chi connectivity index (χ0v) is 12.6. The lowest BCUT2D eigenvalue weighted by molar-refractivity contribution is -0.122. The lowest BCUT2D eigenvalue weighted by Gasteiger charge is -2.30. The van der Waals surface area contributed by atoms with Crippen molar-refractivity contribution in [1.29, 1.82) is 0 Å². The number of carbonyl (C=O) groups is 1. The summed E-state index contributed by atoms with van der Waals surface area (Å²) in [5.41, 5.74) is 2.19. The zero-order valence-electron chi connectivity index (χ0n) is 11.0. The minimum Gasteiger partial charge on any atom is -0.396 e. The van der Waals surface area contributed by atoms with E-state index in [-0.39, 0.29) is 18.6 Å². The molecule has 1 heterocycles. The number of aryl methyl sites for hydroxylation is 1. The summed E-state index contributed by atoms with van der Waals surface area (Å²) < 4.78 is 1.04. The highest BCUT2D eigenvalue weighted by Gasteiger charge is 2.27. The van der Waals surface area contributed by atoms with Crippen LogP contribution in [-0.2, 0) is 4.79 Å². The summed E-state index contributed by atoms with van der Waals surface area (Å²) in [6.45, 7) is 3.57. The van der Waals surface area contributed by atoms with Gasteiger partial charge in [0.1, 0.15) is 6.04 Å². The van der Waals surface area contributed by atoms with Crippen molar-refractivity contribution in [2.24, 2.45) is 0 Å². The van der Waals surface area contributed by atoms with Crippen LogP contribution >= 0.6 is 15.9 Å². The van der Waals surface area contributed by atoms with Crippen molar-refractivity contribution in [3.63, 3.8) is 0 Å². The quantitative estimate of drug-likeness (QED) is 0.891. The molecule has 1 aliphatic rings. The van der Waals surface area contributed by atoms with Gasteiger partial charge < -0.3 is 15.3 Å².